The van der Waals surface area contributed by atoms with Crippen LogP contribution in [0.25, 0.3) is 0 Å². The van der Waals surface area contributed by atoms with E-state index >= 15 is 0 Å². The number of para-hydroxylation sites is 1. The first-order chi connectivity index (χ1) is 15.4. The molecule has 0 aliphatic heterocycles. The molecule has 1 heterocycles. The minimum Gasteiger partial charge on any atom is -0.346 e. The summed E-state index contributed by atoms with van der Waals surface area (Å²) in [4.78, 5) is 27.0. The van der Waals surface area contributed by atoms with Crippen molar-refractivity contribution in [2.75, 3.05) is 18.4 Å². The number of hydrogen-bond donors (Lipinski definition) is 2. The number of aryl methyl sites for hydroxylation is 2. The molecule has 2 amide bonds. The minimum atomic E-state index is -0.242. The van der Waals surface area contributed by atoms with Gasteiger partial charge in [0, 0.05) is 12.2 Å². The third-order valence-electron chi connectivity index (χ3n) is 4.92. The monoisotopic (exact) mass is 451 g/mol. The number of nitrogens with zero attached hydrogens (tertiary/aromatic N) is 3. The van der Waals surface area contributed by atoms with E-state index in [2.05, 4.69) is 27.8 Å². The van der Waals surface area contributed by atoms with Gasteiger partial charge in [0.1, 0.15) is 5.01 Å². The Morgan fingerprint density at radius 2 is 1.78 bits per heavy atom. The lowest BCUT2D eigenvalue weighted by Gasteiger charge is -2.20. The number of anilines is 1. The molecule has 0 aliphatic rings. The fraction of sp³-hybridized carbons (Fsp3) is 0.333. The van der Waals surface area contributed by atoms with E-state index in [0.29, 0.717) is 23.1 Å². The standard InChI is InChI=1S/C24H29N5O2S/c1-4-13-29(15-21(30)26-20-8-6-5-7-18(20)3)16-22-27-28-24(32-22)23(31)25-14-19-11-9-17(2)10-12-19/h5-12H,4,13-16H2,1-3H3,(H,25,31)(H,26,30). The third kappa shape index (κ3) is 6.96. The third-order valence-corrected chi connectivity index (χ3v) is 5.83. The fourth-order valence-electron chi connectivity index (χ4n) is 3.20. The molecular formula is C24H29N5O2S. The zero-order valence-electron chi connectivity index (χ0n) is 18.7. The number of rotatable bonds is 10. The van der Waals surface area contributed by atoms with Gasteiger partial charge in [-0.3, -0.25) is 14.5 Å². The van der Waals surface area contributed by atoms with Crippen molar-refractivity contribution in [1.82, 2.24) is 20.4 Å². The molecule has 0 unspecified atom stereocenters. The van der Waals surface area contributed by atoms with Crippen LogP contribution in [-0.4, -0.2) is 40.0 Å². The number of amides is 2. The maximum atomic E-state index is 12.5. The van der Waals surface area contributed by atoms with Crippen molar-refractivity contribution in [3.8, 4) is 0 Å². The normalized spacial score (nSPS) is 10.9. The molecule has 2 aromatic carbocycles. The van der Waals surface area contributed by atoms with Crippen LogP contribution in [0.4, 0.5) is 5.69 Å². The summed E-state index contributed by atoms with van der Waals surface area (Å²) in [5, 5.41) is 15.1. The van der Waals surface area contributed by atoms with Crippen molar-refractivity contribution in [3.63, 3.8) is 0 Å². The van der Waals surface area contributed by atoms with Crippen LogP contribution in [0.3, 0.4) is 0 Å². The van der Waals surface area contributed by atoms with Gasteiger partial charge in [-0.05, 0) is 44.0 Å². The van der Waals surface area contributed by atoms with Gasteiger partial charge in [0.05, 0.1) is 13.1 Å². The summed E-state index contributed by atoms with van der Waals surface area (Å²) in [5.41, 5.74) is 4.05. The van der Waals surface area contributed by atoms with E-state index in [4.69, 9.17) is 0 Å². The number of hydrogen-bond acceptors (Lipinski definition) is 6. The number of aromatic nitrogens is 2. The first kappa shape index (κ1) is 23.6. The molecule has 1 aromatic heterocycles. The molecule has 32 heavy (non-hydrogen) atoms. The topological polar surface area (TPSA) is 87.2 Å². The Balaban J connectivity index is 1.54. The predicted octanol–water partition coefficient (Wildman–Crippen LogP) is 3.94. The number of benzene rings is 2. The second-order valence-corrected chi connectivity index (χ2v) is 8.81. The van der Waals surface area contributed by atoms with Gasteiger partial charge < -0.3 is 10.6 Å². The van der Waals surface area contributed by atoms with Crippen molar-refractivity contribution < 1.29 is 9.59 Å². The lowest BCUT2D eigenvalue weighted by Crippen LogP contribution is -2.33. The van der Waals surface area contributed by atoms with Crippen LogP contribution in [0.5, 0.6) is 0 Å². The fourth-order valence-corrected chi connectivity index (χ4v) is 4.00. The highest BCUT2D eigenvalue weighted by atomic mass is 32.1. The van der Waals surface area contributed by atoms with Crippen molar-refractivity contribution in [3.05, 3.63) is 75.2 Å². The van der Waals surface area contributed by atoms with E-state index in [0.717, 1.165) is 29.8 Å². The number of carbonyl (C=O) groups is 2. The van der Waals surface area contributed by atoms with E-state index in [9.17, 15) is 9.59 Å². The molecule has 0 aliphatic carbocycles. The Hall–Kier alpha value is -3.10. The molecule has 2 N–H and O–H groups in total. The number of carbonyl (C=O) groups excluding carboxylic acids is 2. The summed E-state index contributed by atoms with van der Waals surface area (Å²) in [6, 6.07) is 15.7. The lowest BCUT2D eigenvalue weighted by molar-refractivity contribution is -0.117. The van der Waals surface area contributed by atoms with Gasteiger partial charge in [-0.15, -0.1) is 10.2 Å². The summed E-state index contributed by atoms with van der Waals surface area (Å²) in [6.45, 7) is 7.96. The number of nitrogens with one attached hydrogen (secondary N) is 2. The van der Waals surface area contributed by atoms with Gasteiger partial charge in [0.15, 0.2) is 0 Å². The summed E-state index contributed by atoms with van der Waals surface area (Å²) in [7, 11) is 0. The SMILES string of the molecule is CCCN(CC(=O)Nc1ccccc1C)Cc1nnc(C(=O)NCc2ccc(C)cc2)s1. The van der Waals surface area contributed by atoms with Crippen LogP contribution in [0.1, 0.15) is 44.8 Å². The van der Waals surface area contributed by atoms with Crippen LogP contribution in [-0.2, 0) is 17.9 Å². The zero-order chi connectivity index (χ0) is 22.9. The average Bonchev–Trinajstić information content (AvgIpc) is 3.23. The van der Waals surface area contributed by atoms with E-state index in [1.807, 2.05) is 67.3 Å². The van der Waals surface area contributed by atoms with Gasteiger partial charge >= 0.3 is 0 Å². The van der Waals surface area contributed by atoms with E-state index in [1.165, 1.54) is 16.9 Å². The van der Waals surface area contributed by atoms with Crippen LogP contribution in [0, 0.1) is 13.8 Å². The molecular weight excluding hydrogens is 422 g/mol. The Morgan fingerprint density at radius 1 is 1.03 bits per heavy atom. The van der Waals surface area contributed by atoms with Crippen molar-refractivity contribution in [1.29, 1.82) is 0 Å². The Kier molecular flexibility index (Phi) is 8.47. The molecule has 0 saturated carbocycles. The maximum Gasteiger partial charge on any atom is 0.282 e. The molecule has 8 heteroatoms. The Morgan fingerprint density at radius 3 is 2.50 bits per heavy atom. The molecule has 3 rings (SSSR count). The highest BCUT2D eigenvalue weighted by Crippen LogP contribution is 2.15. The molecule has 0 atom stereocenters. The maximum absolute atomic E-state index is 12.5. The molecule has 0 radical (unpaired) electrons. The molecule has 7 nitrogen and oxygen atoms in total. The van der Waals surface area contributed by atoms with E-state index in [1.54, 1.807) is 0 Å². The molecule has 0 spiro atoms. The van der Waals surface area contributed by atoms with E-state index < -0.39 is 0 Å². The summed E-state index contributed by atoms with van der Waals surface area (Å²) < 4.78 is 0. The smallest absolute Gasteiger partial charge is 0.282 e. The van der Waals surface area contributed by atoms with Crippen LogP contribution < -0.4 is 10.6 Å². The molecule has 3 aromatic rings. The summed E-state index contributed by atoms with van der Waals surface area (Å²) in [6.07, 6.45) is 0.903. The van der Waals surface area contributed by atoms with Crippen LogP contribution >= 0.6 is 11.3 Å². The molecule has 0 saturated heterocycles. The van der Waals surface area contributed by atoms with Crippen molar-refractivity contribution >= 4 is 28.8 Å². The largest absolute Gasteiger partial charge is 0.346 e. The summed E-state index contributed by atoms with van der Waals surface area (Å²) >= 11 is 1.26. The first-order valence-corrected chi connectivity index (χ1v) is 11.5. The average molecular weight is 452 g/mol. The highest BCUT2D eigenvalue weighted by molar-refractivity contribution is 7.13. The van der Waals surface area contributed by atoms with Crippen molar-refractivity contribution in [2.45, 2.75) is 40.3 Å². The Bertz CT molecular complexity index is 1050. The molecule has 0 bridgehead atoms. The van der Waals surface area contributed by atoms with Gasteiger partial charge in [-0.1, -0.05) is 66.3 Å². The highest BCUT2D eigenvalue weighted by Gasteiger charge is 2.17. The first-order valence-electron chi connectivity index (χ1n) is 10.7. The minimum absolute atomic E-state index is 0.0756. The quantitative estimate of drug-likeness (QED) is 0.488. The molecule has 0 fully saturated rings. The second kappa shape index (κ2) is 11.5. The van der Waals surface area contributed by atoms with Crippen molar-refractivity contribution in [2.24, 2.45) is 0 Å². The Labute approximate surface area is 192 Å². The van der Waals surface area contributed by atoms with Crippen LogP contribution in [0.15, 0.2) is 48.5 Å². The zero-order valence-corrected chi connectivity index (χ0v) is 19.5. The van der Waals surface area contributed by atoms with E-state index in [-0.39, 0.29) is 18.4 Å². The van der Waals surface area contributed by atoms with Gasteiger partial charge in [-0.2, -0.15) is 0 Å². The van der Waals surface area contributed by atoms with Gasteiger partial charge in [0.2, 0.25) is 10.9 Å². The lowest BCUT2D eigenvalue weighted by atomic mass is 10.1. The second-order valence-electron chi connectivity index (χ2n) is 7.74. The van der Waals surface area contributed by atoms with Gasteiger partial charge in [0.25, 0.3) is 5.91 Å². The van der Waals surface area contributed by atoms with Crippen LogP contribution in [0.2, 0.25) is 0 Å². The summed E-state index contributed by atoms with van der Waals surface area (Å²) in [5.74, 6) is -0.318. The predicted molar refractivity (Wildman–Crippen MR) is 128 cm³/mol. The van der Waals surface area contributed by atoms with Gasteiger partial charge in [-0.25, -0.2) is 0 Å². The molecule has 168 valence electrons.